The Hall–Kier alpha value is -1.82. The van der Waals surface area contributed by atoms with E-state index in [4.69, 9.17) is 9.84 Å². The second-order valence-electron chi connectivity index (χ2n) is 4.88. The molecular formula is C14H22N2O4. The number of nitrogens with zero attached hydrogens (tertiary/aromatic N) is 1. The third kappa shape index (κ3) is 4.38. The van der Waals surface area contributed by atoms with Gasteiger partial charge in [0.1, 0.15) is 0 Å². The van der Waals surface area contributed by atoms with Crippen LogP contribution < -0.4 is 10.1 Å². The molecule has 0 aromatic heterocycles. The van der Waals surface area contributed by atoms with E-state index in [1.54, 1.807) is 19.1 Å². The maximum atomic E-state index is 10.9. The van der Waals surface area contributed by atoms with Crippen molar-refractivity contribution in [2.45, 2.75) is 33.2 Å². The molecule has 6 heteroatoms. The average molecular weight is 282 g/mol. The van der Waals surface area contributed by atoms with Crippen LogP contribution in [0, 0.1) is 16.0 Å². The van der Waals surface area contributed by atoms with Crippen molar-refractivity contribution in [2.24, 2.45) is 5.92 Å². The molecule has 6 nitrogen and oxygen atoms in total. The third-order valence-corrected chi connectivity index (χ3v) is 3.05. The van der Waals surface area contributed by atoms with E-state index in [2.05, 4.69) is 19.2 Å². The summed E-state index contributed by atoms with van der Waals surface area (Å²) >= 11 is 0. The lowest BCUT2D eigenvalue weighted by atomic mass is 10.0. The van der Waals surface area contributed by atoms with Gasteiger partial charge in [0.15, 0.2) is 5.75 Å². The molecular weight excluding hydrogens is 260 g/mol. The Balaban J connectivity index is 2.95. The van der Waals surface area contributed by atoms with Gasteiger partial charge in [-0.1, -0.05) is 13.8 Å². The fraction of sp³-hybridized carbons (Fsp3) is 0.571. The number of rotatable bonds is 8. The van der Waals surface area contributed by atoms with Gasteiger partial charge in [-0.2, -0.15) is 0 Å². The Morgan fingerprint density at radius 1 is 1.45 bits per heavy atom. The van der Waals surface area contributed by atoms with E-state index in [-0.39, 0.29) is 24.1 Å². The largest absolute Gasteiger partial charge is 0.487 e. The first-order chi connectivity index (χ1) is 9.49. The van der Waals surface area contributed by atoms with E-state index in [9.17, 15) is 10.1 Å². The standard InChI is InChI=1S/C14H22N2O4/c1-4-20-14-9-11(5-6-13(14)16(18)19)15-12(7-8-17)10(2)3/h5-6,9-10,12,15,17H,4,7-8H2,1-3H3. The lowest BCUT2D eigenvalue weighted by molar-refractivity contribution is -0.385. The van der Waals surface area contributed by atoms with Crippen LogP contribution in [0.3, 0.4) is 0 Å². The van der Waals surface area contributed by atoms with Crippen molar-refractivity contribution < 1.29 is 14.8 Å². The van der Waals surface area contributed by atoms with Gasteiger partial charge >= 0.3 is 5.69 Å². The predicted octanol–water partition coefficient (Wildman–Crippen LogP) is 2.81. The smallest absolute Gasteiger partial charge is 0.311 e. The lowest BCUT2D eigenvalue weighted by Gasteiger charge is -2.23. The van der Waals surface area contributed by atoms with Crippen molar-refractivity contribution in [2.75, 3.05) is 18.5 Å². The number of ether oxygens (including phenoxy) is 1. The Morgan fingerprint density at radius 2 is 2.15 bits per heavy atom. The van der Waals surface area contributed by atoms with Crippen LogP contribution in [0.25, 0.3) is 0 Å². The topological polar surface area (TPSA) is 84.6 Å². The van der Waals surface area contributed by atoms with Crippen LogP contribution in [0.2, 0.25) is 0 Å². The molecule has 1 rings (SSSR count). The Labute approximate surface area is 118 Å². The van der Waals surface area contributed by atoms with E-state index in [0.717, 1.165) is 5.69 Å². The van der Waals surface area contributed by atoms with E-state index < -0.39 is 4.92 Å². The summed E-state index contributed by atoms with van der Waals surface area (Å²) in [4.78, 5) is 10.5. The SMILES string of the molecule is CCOc1cc(NC(CCO)C(C)C)ccc1[N+](=O)[O-]. The summed E-state index contributed by atoms with van der Waals surface area (Å²) in [5.74, 6) is 0.599. The third-order valence-electron chi connectivity index (χ3n) is 3.05. The van der Waals surface area contributed by atoms with Crippen molar-refractivity contribution in [1.29, 1.82) is 0 Å². The van der Waals surface area contributed by atoms with Gasteiger partial charge in [0.05, 0.1) is 11.5 Å². The van der Waals surface area contributed by atoms with Gasteiger partial charge in [0.2, 0.25) is 0 Å². The average Bonchev–Trinajstić information content (AvgIpc) is 2.38. The molecule has 0 aliphatic rings. The molecule has 0 saturated carbocycles. The fourth-order valence-corrected chi connectivity index (χ4v) is 1.95. The summed E-state index contributed by atoms with van der Waals surface area (Å²) < 4.78 is 5.31. The normalized spacial score (nSPS) is 12.2. The van der Waals surface area contributed by atoms with Crippen molar-refractivity contribution in [3.8, 4) is 5.75 Å². The molecule has 1 aromatic carbocycles. The fourth-order valence-electron chi connectivity index (χ4n) is 1.95. The first kappa shape index (κ1) is 16.2. The molecule has 0 aliphatic carbocycles. The molecule has 0 spiro atoms. The highest BCUT2D eigenvalue weighted by Gasteiger charge is 2.17. The van der Waals surface area contributed by atoms with E-state index in [0.29, 0.717) is 18.9 Å². The highest BCUT2D eigenvalue weighted by atomic mass is 16.6. The van der Waals surface area contributed by atoms with Crippen LogP contribution in [0.15, 0.2) is 18.2 Å². The lowest BCUT2D eigenvalue weighted by Crippen LogP contribution is -2.26. The maximum absolute atomic E-state index is 10.9. The van der Waals surface area contributed by atoms with Crippen LogP contribution >= 0.6 is 0 Å². The predicted molar refractivity (Wildman–Crippen MR) is 78.2 cm³/mol. The van der Waals surface area contributed by atoms with Crippen molar-refractivity contribution in [3.63, 3.8) is 0 Å². The Bertz CT molecular complexity index is 449. The van der Waals surface area contributed by atoms with Crippen LogP contribution in [0.4, 0.5) is 11.4 Å². The minimum Gasteiger partial charge on any atom is -0.487 e. The van der Waals surface area contributed by atoms with E-state index >= 15 is 0 Å². The highest BCUT2D eigenvalue weighted by molar-refractivity contribution is 5.58. The van der Waals surface area contributed by atoms with Crippen LogP contribution in [-0.2, 0) is 0 Å². The minimum absolute atomic E-state index is 0.0411. The zero-order valence-electron chi connectivity index (χ0n) is 12.1. The maximum Gasteiger partial charge on any atom is 0.311 e. The number of hydrogen-bond acceptors (Lipinski definition) is 5. The van der Waals surface area contributed by atoms with Crippen LogP contribution in [0.5, 0.6) is 5.75 Å². The van der Waals surface area contributed by atoms with Gasteiger partial charge in [0, 0.05) is 30.5 Å². The molecule has 0 bridgehead atoms. The van der Waals surface area contributed by atoms with E-state index in [1.165, 1.54) is 6.07 Å². The first-order valence-corrected chi connectivity index (χ1v) is 6.78. The van der Waals surface area contributed by atoms with Gasteiger partial charge in [-0.25, -0.2) is 0 Å². The first-order valence-electron chi connectivity index (χ1n) is 6.78. The van der Waals surface area contributed by atoms with Crippen molar-refractivity contribution in [1.82, 2.24) is 0 Å². The van der Waals surface area contributed by atoms with Gasteiger partial charge in [-0.05, 0) is 25.3 Å². The molecule has 1 aromatic rings. The molecule has 0 radical (unpaired) electrons. The molecule has 0 amide bonds. The highest BCUT2D eigenvalue weighted by Crippen LogP contribution is 2.30. The number of hydrogen-bond donors (Lipinski definition) is 2. The summed E-state index contributed by atoms with van der Waals surface area (Å²) in [5.41, 5.74) is 0.715. The van der Waals surface area contributed by atoms with Crippen LogP contribution in [0.1, 0.15) is 27.2 Å². The summed E-state index contributed by atoms with van der Waals surface area (Å²) in [6.07, 6.45) is 0.624. The molecule has 0 heterocycles. The second kappa shape index (κ2) is 7.69. The molecule has 0 fully saturated rings. The molecule has 1 atom stereocenters. The van der Waals surface area contributed by atoms with E-state index in [1.807, 2.05) is 0 Å². The van der Waals surface area contributed by atoms with Crippen LogP contribution in [-0.4, -0.2) is 29.3 Å². The Kier molecular flexibility index (Phi) is 6.24. The zero-order chi connectivity index (χ0) is 15.1. The summed E-state index contributed by atoms with van der Waals surface area (Å²) in [7, 11) is 0. The number of aliphatic hydroxyl groups excluding tert-OH is 1. The number of nitro groups is 1. The van der Waals surface area contributed by atoms with Gasteiger partial charge in [-0.3, -0.25) is 10.1 Å². The molecule has 20 heavy (non-hydrogen) atoms. The summed E-state index contributed by atoms with van der Waals surface area (Å²) in [5, 5.41) is 23.3. The second-order valence-corrected chi connectivity index (χ2v) is 4.88. The van der Waals surface area contributed by atoms with Gasteiger partial charge in [0.25, 0.3) is 0 Å². The molecule has 0 aliphatic heterocycles. The van der Waals surface area contributed by atoms with Gasteiger partial charge in [-0.15, -0.1) is 0 Å². The molecule has 1 unspecified atom stereocenters. The molecule has 112 valence electrons. The number of aliphatic hydroxyl groups is 1. The number of nitro benzene ring substituents is 1. The van der Waals surface area contributed by atoms with Gasteiger partial charge < -0.3 is 15.2 Å². The van der Waals surface area contributed by atoms with Crippen molar-refractivity contribution >= 4 is 11.4 Å². The minimum atomic E-state index is -0.456. The monoisotopic (exact) mass is 282 g/mol. The number of benzene rings is 1. The molecule has 2 N–H and O–H groups in total. The zero-order valence-corrected chi connectivity index (χ0v) is 12.1. The number of nitrogens with one attached hydrogen (secondary N) is 1. The quantitative estimate of drug-likeness (QED) is 0.565. The van der Waals surface area contributed by atoms with Crippen molar-refractivity contribution in [3.05, 3.63) is 28.3 Å². The Morgan fingerprint density at radius 3 is 2.65 bits per heavy atom. The summed E-state index contributed by atoms with van der Waals surface area (Å²) in [6.45, 7) is 6.37. The molecule has 0 saturated heterocycles. The summed E-state index contributed by atoms with van der Waals surface area (Å²) in [6, 6.07) is 4.83. The number of anilines is 1.